The van der Waals surface area contributed by atoms with E-state index in [-0.39, 0.29) is 0 Å². The van der Waals surface area contributed by atoms with Crippen molar-refractivity contribution in [3.63, 3.8) is 0 Å². The van der Waals surface area contributed by atoms with Gasteiger partial charge in [0.15, 0.2) is 35.5 Å². The molecule has 0 saturated carbocycles. The summed E-state index contributed by atoms with van der Waals surface area (Å²) < 4.78 is 0. The minimum atomic E-state index is -2.17. The molecular weight excluding hydrogens is 468 g/mol. The summed E-state index contributed by atoms with van der Waals surface area (Å²) in [5.74, 6) is -4.00. The number of aliphatic hydroxyl groups excluding tert-OH is 10. The van der Waals surface area contributed by atoms with Gasteiger partial charge in [-0.3, -0.25) is 9.59 Å². The zero-order valence-electron chi connectivity index (χ0n) is 17.4. The zero-order chi connectivity index (χ0) is 26.3. The van der Waals surface area contributed by atoms with Crippen LogP contribution in [0.1, 0.15) is 21.0 Å². The van der Waals surface area contributed by atoms with Crippen LogP contribution in [0.3, 0.4) is 0 Å². The number of aromatic nitrogens is 2. The maximum absolute atomic E-state index is 12.3. The van der Waals surface area contributed by atoms with Gasteiger partial charge in [-0.05, 0) is 0 Å². The molecule has 0 fully saturated rings. The molecule has 0 saturated heterocycles. The van der Waals surface area contributed by atoms with E-state index in [9.17, 15) is 50.4 Å². The van der Waals surface area contributed by atoms with E-state index in [1.165, 1.54) is 0 Å². The number of nitrogen functional groups attached to an aromatic ring is 2. The van der Waals surface area contributed by atoms with Crippen molar-refractivity contribution in [1.82, 2.24) is 20.6 Å². The van der Waals surface area contributed by atoms with Crippen LogP contribution in [0.2, 0.25) is 0 Å². The molecule has 0 aliphatic rings. The third-order valence-corrected chi connectivity index (χ3v) is 4.45. The van der Waals surface area contributed by atoms with Gasteiger partial charge in [0.2, 0.25) is 0 Å². The van der Waals surface area contributed by atoms with Gasteiger partial charge < -0.3 is 73.2 Å². The van der Waals surface area contributed by atoms with Gasteiger partial charge in [0.1, 0.15) is 36.6 Å². The van der Waals surface area contributed by atoms with Crippen molar-refractivity contribution >= 4 is 23.5 Å². The van der Waals surface area contributed by atoms with Gasteiger partial charge in [-0.25, -0.2) is 9.97 Å². The molecule has 34 heavy (non-hydrogen) atoms. The molecule has 1 heterocycles. The minimum Gasteiger partial charge on any atom is -0.394 e. The van der Waals surface area contributed by atoms with Crippen molar-refractivity contribution in [3.8, 4) is 0 Å². The highest BCUT2D eigenvalue weighted by Gasteiger charge is 2.33. The Morgan fingerprint density at radius 2 is 0.941 bits per heavy atom. The topological polar surface area (TPSA) is 338 Å². The molecule has 1 aromatic rings. The summed E-state index contributed by atoms with van der Waals surface area (Å²) in [6.07, 6.45) is -16.4. The number of nitrogens with zero attached hydrogens (tertiary/aromatic N) is 2. The van der Waals surface area contributed by atoms with Gasteiger partial charge in [-0.1, -0.05) is 0 Å². The van der Waals surface area contributed by atoms with Gasteiger partial charge in [0, 0.05) is 0 Å². The van der Waals surface area contributed by atoms with Crippen molar-refractivity contribution in [1.29, 1.82) is 0 Å². The Morgan fingerprint density at radius 1 is 0.647 bits per heavy atom. The lowest BCUT2D eigenvalue weighted by atomic mass is 10.1. The minimum absolute atomic E-state index is 0.722. The Morgan fingerprint density at radius 3 is 1.21 bits per heavy atom. The average molecular weight is 496 g/mol. The first kappa shape index (κ1) is 29.3. The van der Waals surface area contributed by atoms with Crippen LogP contribution in [-0.4, -0.2) is 135 Å². The molecule has 18 nitrogen and oxygen atoms in total. The number of nitrogens with one attached hydrogen (secondary N) is 2. The normalized spacial score (nSPS) is 18.6. The highest BCUT2D eigenvalue weighted by Crippen LogP contribution is 2.15. The number of rotatable bonds is 12. The van der Waals surface area contributed by atoms with Crippen LogP contribution in [0.25, 0.3) is 0 Å². The van der Waals surface area contributed by atoms with Crippen molar-refractivity contribution in [3.05, 3.63) is 11.4 Å². The second-order valence-electron chi connectivity index (χ2n) is 6.99. The molecule has 0 aromatic carbocycles. The number of carbonyl (C=O) groups is 2. The summed E-state index contributed by atoms with van der Waals surface area (Å²) in [6.45, 7) is -1.91. The van der Waals surface area contributed by atoms with E-state index in [1.54, 1.807) is 10.6 Å². The lowest BCUT2D eigenvalue weighted by Crippen LogP contribution is -2.53. The molecule has 18 heteroatoms. The maximum Gasteiger partial charge on any atom is 0.275 e. The lowest BCUT2D eigenvalue weighted by molar-refractivity contribution is -0.119. The highest BCUT2D eigenvalue weighted by molar-refractivity contribution is 6.00. The van der Waals surface area contributed by atoms with Crippen molar-refractivity contribution in [2.24, 2.45) is 0 Å². The molecule has 0 radical (unpaired) electrons. The summed E-state index contributed by atoms with van der Waals surface area (Å²) in [6, 6.07) is 0. The number of hydrogen-bond donors (Lipinski definition) is 14. The van der Waals surface area contributed by atoms with E-state index >= 15 is 0 Å². The van der Waals surface area contributed by atoms with Crippen LogP contribution < -0.4 is 22.1 Å². The molecule has 194 valence electrons. The van der Waals surface area contributed by atoms with E-state index < -0.39 is 97.1 Å². The number of carbonyl (C=O) groups excluding carboxylic acids is 2. The fourth-order valence-electron chi connectivity index (χ4n) is 2.42. The summed E-state index contributed by atoms with van der Waals surface area (Å²) in [5.41, 5.74) is 9.64. The number of aliphatic hydroxyl groups is 10. The monoisotopic (exact) mass is 496 g/mol. The zero-order valence-corrected chi connectivity index (χ0v) is 17.4. The van der Waals surface area contributed by atoms with Crippen molar-refractivity contribution in [2.75, 3.05) is 24.7 Å². The van der Waals surface area contributed by atoms with Gasteiger partial charge in [-0.15, -0.1) is 0 Å². The van der Waals surface area contributed by atoms with E-state index in [2.05, 4.69) is 9.97 Å². The summed E-state index contributed by atoms with van der Waals surface area (Å²) in [5, 5.41) is 97.7. The molecule has 2 amide bonds. The fraction of sp³-hybridized carbons (Fsp3) is 0.625. The molecule has 0 aliphatic heterocycles. The predicted molar refractivity (Wildman–Crippen MR) is 108 cm³/mol. The molecule has 16 N–H and O–H groups in total. The fourth-order valence-corrected chi connectivity index (χ4v) is 2.42. The molecule has 8 atom stereocenters. The number of amides is 2. The van der Waals surface area contributed by atoms with Gasteiger partial charge >= 0.3 is 0 Å². The Hall–Kier alpha value is -2.78. The van der Waals surface area contributed by atoms with E-state index in [4.69, 9.17) is 21.7 Å². The summed E-state index contributed by atoms with van der Waals surface area (Å²) >= 11 is 0. The molecule has 0 unspecified atom stereocenters. The third kappa shape index (κ3) is 7.11. The van der Waals surface area contributed by atoms with Crippen LogP contribution in [-0.2, 0) is 0 Å². The Balaban J connectivity index is 2.95. The Bertz CT molecular complexity index is 779. The number of nitrogens with two attached hydrogens (primary N) is 2. The van der Waals surface area contributed by atoms with Gasteiger partial charge in [-0.2, -0.15) is 0 Å². The van der Waals surface area contributed by atoms with E-state index in [0.717, 1.165) is 0 Å². The third-order valence-electron chi connectivity index (χ3n) is 4.45. The second kappa shape index (κ2) is 12.6. The predicted octanol–water partition coefficient (Wildman–Crippen LogP) is -8.11. The SMILES string of the molecule is Nc1nc(C(=O)N[C@H](O)[C@@H](O)[C@H](O)[C@H](O)CO)c(N)nc1C(=O)N[C@H](O)[C@@H](O)[C@H](O)[C@H](O)CO. The maximum atomic E-state index is 12.3. The highest BCUT2D eigenvalue weighted by atomic mass is 16.4. The summed E-state index contributed by atoms with van der Waals surface area (Å²) in [7, 11) is 0. The Kier molecular flexibility index (Phi) is 10.9. The smallest absolute Gasteiger partial charge is 0.275 e. The van der Waals surface area contributed by atoms with Crippen LogP contribution in [0, 0.1) is 0 Å². The number of anilines is 2. The summed E-state index contributed by atoms with van der Waals surface area (Å²) in [4.78, 5) is 31.6. The lowest BCUT2D eigenvalue weighted by Gasteiger charge is -2.26. The standard InChI is InChI=1S/C16H28N6O12/c17-11-5(13(31)21-15(33)9(29)7(27)3(25)1-23)19-12(18)6(20-11)14(32)22-16(34)10(30)8(28)4(26)2-24/h3-4,7-10,15-16,23-30,33-34H,1-2H2,(H2,18,19)(H2,17,20)(H,21,31)(H,22,32)/t3-,4-,7-,8-,9+,10+,15-,16-/m1/s1. The van der Waals surface area contributed by atoms with Crippen molar-refractivity contribution in [2.45, 2.75) is 49.1 Å². The molecule has 0 aliphatic carbocycles. The average Bonchev–Trinajstić information content (AvgIpc) is 2.81. The van der Waals surface area contributed by atoms with Crippen LogP contribution in [0.15, 0.2) is 0 Å². The molecular formula is C16H28N6O12. The van der Waals surface area contributed by atoms with E-state index in [1.807, 2.05) is 0 Å². The van der Waals surface area contributed by atoms with E-state index in [0.29, 0.717) is 0 Å². The molecule has 0 spiro atoms. The second-order valence-corrected chi connectivity index (χ2v) is 6.99. The first-order chi connectivity index (χ1) is 15.8. The molecule has 0 bridgehead atoms. The first-order valence-electron chi connectivity index (χ1n) is 9.47. The van der Waals surface area contributed by atoms with Gasteiger partial charge in [0.25, 0.3) is 11.8 Å². The van der Waals surface area contributed by atoms with Gasteiger partial charge in [0.05, 0.1) is 13.2 Å². The first-order valence-corrected chi connectivity index (χ1v) is 9.47. The quantitative estimate of drug-likeness (QED) is 0.119. The van der Waals surface area contributed by atoms with Crippen LogP contribution in [0.5, 0.6) is 0 Å². The Labute approximate surface area is 190 Å². The molecule has 1 rings (SSSR count). The largest absolute Gasteiger partial charge is 0.394 e. The van der Waals surface area contributed by atoms with Crippen LogP contribution in [0.4, 0.5) is 11.6 Å². The van der Waals surface area contributed by atoms with Crippen molar-refractivity contribution < 1.29 is 60.7 Å². The van der Waals surface area contributed by atoms with Crippen LogP contribution >= 0.6 is 0 Å². The molecule has 1 aromatic heterocycles. The number of hydrogen-bond acceptors (Lipinski definition) is 16.